The van der Waals surface area contributed by atoms with E-state index in [2.05, 4.69) is 0 Å². The van der Waals surface area contributed by atoms with Crippen LogP contribution in [0.25, 0.3) is 11.0 Å². The van der Waals surface area contributed by atoms with Crippen LogP contribution in [0.2, 0.25) is 0 Å². The summed E-state index contributed by atoms with van der Waals surface area (Å²) in [5.74, 6) is 0.298. The number of nitrogens with zero attached hydrogens (tertiary/aromatic N) is 2. The summed E-state index contributed by atoms with van der Waals surface area (Å²) in [5.41, 5.74) is 2.48. The molecule has 0 radical (unpaired) electrons. The van der Waals surface area contributed by atoms with Gasteiger partial charge in [0, 0.05) is 18.7 Å². The Bertz CT molecular complexity index is 1520. The smallest absolute Gasteiger partial charge is 0.290 e. The molecule has 8 nitrogen and oxygen atoms in total. The lowest BCUT2D eigenvalue weighted by Crippen LogP contribution is -2.31. The third-order valence-electron chi connectivity index (χ3n) is 6.32. The first-order valence-corrected chi connectivity index (χ1v) is 11.1. The number of aryl methyl sites for hydroxylation is 1. The summed E-state index contributed by atoms with van der Waals surface area (Å²) in [6.45, 7) is 2.16. The first-order chi connectivity index (χ1) is 16.9. The molecule has 35 heavy (non-hydrogen) atoms. The highest BCUT2D eigenvalue weighted by atomic mass is 16.6. The molecule has 0 aliphatic carbocycles. The summed E-state index contributed by atoms with van der Waals surface area (Å²) in [5, 5.41) is 11.8. The lowest BCUT2D eigenvalue weighted by atomic mass is 9.97. The third-order valence-corrected chi connectivity index (χ3v) is 6.32. The predicted molar refractivity (Wildman–Crippen MR) is 130 cm³/mol. The van der Waals surface area contributed by atoms with E-state index < -0.39 is 16.9 Å². The van der Waals surface area contributed by atoms with E-state index in [0.29, 0.717) is 23.0 Å². The lowest BCUT2D eigenvalue weighted by molar-refractivity contribution is -0.384. The summed E-state index contributed by atoms with van der Waals surface area (Å²) in [4.78, 5) is 39.7. The van der Waals surface area contributed by atoms with Crippen LogP contribution in [0.5, 0.6) is 5.75 Å². The molecular formula is C27H22N2O6. The zero-order valence-corrected chi connectivity index (χ0v) is 19.2. The van der Waals surface area contributed by atoms with Gasteiger partial charge in [-0.1, -0.05) is 35.9 Å². The first-order valence-electron chi connectivity index (χ1n) is 11.1. The number of rotatable bonds is 6. The number of nitro groups is 1. The Morgan fingerprint density at radius 2 is 1.83 bits per heavy atom. The van der Waals surface area contributed by atoms with E-state index in [4.69, 9.17) is 9.15 Å². The Morgan fingerprint density at radius 1 is 1.06 bits per heavy atom. The highest BCUT2D eigenvalue weighted by molar-refractivity contribution is 5.99. The van der Waals surface area contributed by atoms with Crippen LogP contribution >= 0.6 is 0 Å². The molecule has 176 valence electrons. The van der Waals surface area contributed by atoms with Crippen LogP contribution in [0.4, 0.5) is 5.69 Å². The molecule has 0 spiro atoms. The minimum Gasteiger partial charge on any atom is -0.497 e. The van der Waals surface area contributed by atoms with Gasteiger partial charge in [-0.15, -0.1) is 0 Å². The van der Waals surface area contributed by atoms with E-state index >= 15 is 0 Å². The van der Waals surface area contributed by atoms with Crippen molar-refractivity contribution < 1.29 is 18.9 Å². The second-order valence-electron chi connectivity index (χ2n) is 8.52. The standard InChI is InChI=1S/C27H22N2O6/c1-16-6-11-22-21(14-16)25(30)23-24(18-4-3-5-19(15-18)29(32)33)28(27(31)26(23)35-22)13-12-17-7-9-20(34-2)10-8-17/h3-11,14-15,24H,12-13H2,1-2H3/t24-/m0/s1. The minimum absolute atomic E-state index is 0.0161. The summed E-state index contributed by atoms with van der Waals surface area (Å²) < 4.78 is 11.2. The number of non-ortho nitro benzene ring substituents is 1. The molecule has 5 rings (SSSR count). The molecule has 3 aromatic carbocycles. The summed E-state index contributed by atoms with van der Waals surface area (Å²) >= 11 is 0. The molecule has 1 amide bonds. The van der Waals surface area contributed by atoms with E-state index in [1.807, 2.05) is 37.3 Å². The summed E-state index contributed by atoms with van der Waals surface area (Å²) in [6.07, 6.45) is 0.516. The van der Waals surface area contributed by atoms with Crippen LogP contribution in [0.3, 0.4) is 0 Å². The van der Waals surface area contributed by atoms with Gasteiger partial charge in [0.05, 0.1) is 29.0 Å². The number of hydrogen-bond acceptors (Lipinski definition) is 6. The molecule has 1 aromatic heterocycles. The van der Waals surface area contributed by atoms with Crippen molar-refractivity contribution in [1.29, 1.82) is 0 Å². The topological polar surface area (TPSA) is 103 Å². The molecule has 1 aliphatic heterocycles. The van der Waals surface area contributed by atoms with Gasteiger partial charge in [-0.25, -0.2) is 0 Å². The van der Waals surface area contributed by atoms with Crippen molar-refractivity contribution in [2.75, 3.05) is 13.7 Å². The quantitative estimate of drug-likeness (QED) is 0.296. The number of fused-ring (bicyclic) bond motifs is 2. The normalized spacial score (nSPS) is 14.9. The fourth-order valence-electron chi connectivity index (χ4n) is 4.56. The van der Waals surface area contributed by atoms with Crippen LogP contribution in [-0.4, -0.2) is 29.4 Å². The van der Waals surface area contributed by atoms with Crippen molar-refractivity contribution >= 4 is 22.6 Å². The Kier molecular flexibility index (Phi) is 5.56. The van der Waals surface area contributed by atoms with E-state index in [0.717, 1.165) is 16.9 Å². The van der Waals surface area contributed by atoms with E-state index in [1.165, 1.54) is 12.1 Å². The molecule has 0 saturated carbocycles. The van der Waals surface area contributed by atoms with Gasteiger partial charge in [0.2, 0.25) is 5.76 Å². The largest absolute Gasteiger partial charge is 0.497 e. The van der Waals surface area contributed by atoms with Gasteiger partial charge in [-0.05, 0) is 48.7 Å². The maximum atomic E-state index is 13.6. The molecular weight excluding hydrogens is 448 g/mol. The highest BCUT2D eigenvalue weighted by Crippen LogP contribution is 2.39. The molecule has 1 aliphatic rings. The minimum atomic E-state index is -0.795. The Balaban J connectivity index is 1.63. The van der Waals surface area contributed by atoms with Crippen LogP contribution in [0, 0.1) is 17.0 Å². The fraction of sp³-hybridized carbons (Fsp3) is 0.185. The number of carbonyl (C=O) groups is 1. The molecule has 0 N–H and O–H groups in total. The van der Waals surface area contributed by atoms with Crippen molar-refractivity contribution in [1.82, 2.24) is 4.90 Å². The number of nitro benzene ring substituents is 1. The number of amides is 1. The summed E-state index contributed by atoms with van der Waals surface area (Å²) in [6, 6.07) is 18.0. The molecule has 1 atom stereocenters. The maximum absolute atomic E-state index is 13.6. The first kappa shape index (κ1) is 22.3. The number of carbonyl (C=O) groups excluding carboxylic acids is 1. The monoisotopic (exact) mass is 470 g/mol. The van der Waals surface area contributed by atoms with Crippen LogP contribution in [-0.2, 0) is 6.42 Å². The molecule has 8 heteroatoms. The maximum Gasteiger partial charge on any atom is 0.290 e. The number of ether oxygens (including phenoxy) is 1. The van der Waals surface area contributed by atoms with Gasteiger partial charge in [0.15, 0.2) is 5.43 Å². The van der Waals surface area contributed by atoms with Crippen LogP contribution < -0.4 is 10.2 Å². The predicted octanol–water partition coefficient (Wildman–Crippen LogP) is 4.81. The number of benzene rings is 3. The second-order valence-corrected chi connectivity index (χ2v) is 8.52. The van der Waals surface area contributed by atoms with Crippen molar-refractivity contribution in [2.45, 2.75) is 19.4 Å². The fourth-order valence-corrected chi connectivity index (χ4v) is 4.56. The van der Waals surface area contributed by atoms with Crippen molar-refractivity contribution in [3.63, 3.8) is 0 Å². The van der Waals surface area contributed by atoms with Gasteiger partial charge in [-0.2, -0.15) is 0 Å². The van der Waals surface area contributed by atoms with Crippen LogP contribution in [0.1, 0.15) is 38.9 Å². The van der Waals surface area contributed by atoms with Gasteiger partial charge in [-0.3, -0.25) is 19.7 Å². The van der Waals surface area contributed by atoms with E-state index in [1.54, 1.807) is 36.3 Å². The van der Waals surface area contributed by atoms with Crippen molar-refractivity contribution in [3.05, 3.63) is 115 Å². The average Bonchev–Trinajstić information content (AvgIpc) is 3.15. The number of hydrogen-bond donors (Lipinski definition) is 0. The van der Waals surface area contributed by atoms with E-state index in [-0.39, 0.29) is 29.0 Å². The van der Waals surface area contributed by atoms with Crippen molar-refractivity contribution in [3.8, 4) is 5.75 Å². The van der Waals surface area contributed by atoms with Gasteiger partial charge in [0.1, 0.15) is 11.3 Å². The Morgan fingerprint density at radius 3 is 2.54 bits per heavy atom. The Hall–Kier alpha value is -4.46. The Labute approximate surface area is 200 Å². The van der Waals surface area contributed by atoms with Gasteiger partial charge >= 0.3 is 0 Å². The third kappa shape index (κ3) is 3.93. The van der Waals surface area contributed by atoms with E-state index in [9.17, 15) is 19.7 Å². The average molecular weight is 470 g/mol. The van der Waals surface area contributed by atoms with Gasteiger partial charge < -0.3 is 14.1 Å². The zero-order chi connectivity index (χ0) is 24.7. The number of methoxy groups -OCH3 is 1. The molecule has 4 aromatic rings. The lowest BCUT2D eigenvalue weighted by Gasteiger charge is -2.25. The highest BCUT2D eigenvalue weighted by Gasteiger charge is 2.42. The van der Waals surface area contributed by atoms with Crippen LogP contribution in [0.15, 0.2) is 75.9 Å². The SMILES string of the molecule is COc1ccc(CCN2C(=O)c3oc4ccc(C)cc4c(=O)c3[C@@H]2c2cccc([N+](=O)[O-])c2)cc1. The molecule has 0 fully saturated rings. The molecule has 0 saturated heterocycles. The molecule has 0 unspecified atom stereocenters. The van der Waals surface area contributed by atoms with Gasteiger partial charge in [0.25, 0.3) is 11.6 Å². The zero-order valence-electron chi connectivity index (χ0n) is 19.2. The second kappa shape index (κ2) is 8.72. The molecule has 2 heterocycles. The van der Waals surface area contributed by atoms with Crippen molar-refractivity contribution in [2.24, 2.45) is 0 Å². The summed E-state index contributed by atoms with van der Waals surface area (Å²) in [7, 11) is 1.59. The molecule has 0 bridgehead atoms.